The van der Waals surface area contributed by atoms with Crippen molar-refractivity contribution < 1.29 is 13.2 Å². The van der Waals surface area contributed by atoms with Crippen LogP contribution in [-0.2, 0) is 0 Å². The highest BCUT2D eigenvalue weighted by Crippen LogP contribution is 2.49. The summed E-state index contributed by atoms with van der Waals surface area (Å²) in [5.41, 5.74) is 0.428. The second-order valence-corrected chi connectivity index (χ2v) is 5.45. The highest BCUT2D eigenvalue weighted by Gasteiger charge is 2.42. The number of halogens is 3. The van der Waals surface area contributed by atoms with E-state index in [4.69, 9.17) is 0 Å². The van der Waals surface area contributed by atoms with Gasteiger partial charge in [-0.3, -0.25) is 0 Å². The summed E-state index contributed by atoms with van der Waals surface area (Å²) in [6.45, 7) is 7.89. The molecule has 0 N–H and O–H groups in total. The van der Waals surface area contributed by atoms with Crippen molar-refractivity contribution in [3.8, 4) is 0 Å². The molecule has 1 rings (SSSR count). The Kier molecular flexibility index (Phi) is 4.87. The summed E-state index contributed by atoms with van der Waals surface area (Å²) in [4.78, 5) is 2.18. The molecule has 0 bridgehead atoms. The summed E-state index contributed by atoms with van der Waals surface area (Å²) in [5, 5.41) is 0. The molecule has 102 valence electrons. The predicted octanol–water partition coefficient (Wildman–Crippen LogP) is 4.09. The number of rotatable bonds is 7. The first kappa shape index (κ1) is 14.8. The van der Waals surface area contributed by atoms with Gasteiger partial charge in [-0.05, 0) is 44.2 Å². The van der Waals surface area contributed by atoms with Crippen molar-refractivity contribution in [2.75, 3.05) is 19.6 Å². The Morgan fingerprint density at radius 3 is 2.18 bits per heavy atom. The molecule has 0 saturated heterocycles. The Morgan fingerprint density at radius 2 is 1.82 bits per heavy atom. The molecule has 17 heavy (non-hydrogen) atoms. The standard InChI is InChI=1S/C13H24F3N/c1-4-12(7-8-12)10-17(5-2)9-6-11(3)13(14,15)16/h11H,4-10H2,1-3H3. The summed E-state index contributed by atoms with van der Waals surface area (Å²) in [6.07, 6.45) is -0.180. The Morgan fingerprint density at radius 1 is 1.24 bits per heavy atom. The number of hydrogen-bond acceptors (Lipinski definition) is 1. The molecule has 0 spiro atoms. The van der Waals surface area contributed by atoms with Crippen molar-refractivity contribution in [3.63, 3.8) is 0 Å². The zero-order valence-electron chi connectivity index (χ0n) is 11.1. The molecule has 1 aliphatic carbocycles. The molecule has 0 amide bonds. The van der Waals surface area contributed by atoms with Crippen LogP contribution < -0.4 is 0 Å². The maximum absolute atomic E-state index is 12.4. The minimum atomic E-state index is -4.04. The summed E-state index contributed by atoms with van der Waals surface area (Å²) >= 11 is 0. The second-order valence-electron chi connectivity index (χ2n) is 5.45. The van der Waals surface area contributed by atoms with Crippen LogP contribution >= 0.6 is 0 Å². The molecule has 4 heteroatoms. The van der Waals surface area contributed by atoms with Crippen LogP contribution in [0.2, 0.25) is 0 Å². The molecule has 1 aliphatic rings. The molecule has 0 aromatic heterocycles. The van der Waals surface area contributed by atoms with Gasteiger partial charge in [-0.15, -0.1) is 0 Å². The van der Waals surface area contributed by atoms with E-state index in [1.807, 2.05) is 6.92 Å². The highest BCUT2D eigenvalue weighted by atomic mass is 19.4. The van der Waals surface area contributed by atoms with Gasteiger partial charge in [0.2, 0.25) is 0 Å². The minimum Gasteiger partial charge on any atom is -0.303 e. The zero-order chi connectivity index (χ0) is 13.1. The molecule has 1 atom stereocenters. The van der Waals surface area contributed by atoms with Gasteiger partial charge in [0, 0.05) is 6.54 Å². The minimum absolute atomic E-state index is 0.219. The molecule has 0 aliphatic heterocycles. The molecular formula is C13H24F3N. The first-order valence-electron chi connectivity index (χ1n) is 6.62. The van der Waals surface area contributed by atoms with Crippen LogP contribution in [0.25, 0.3) is 0 Å². The maximum Gasteiger partial charge on any atom is 0.391 e. The average molecular weight is 251 g/mol. The van der Waals surface area contributed by atoms with Crippen LogP contribution in [0, 0.1) is 11.3 Å². The van der Waals surface area contributed by atoms with Gasteiger partial charge in [-0.25, -0.2) is 0 Å². The topological polar surface area (TPSA) is 3.24 Å². The van der Waals surface area contributed by atoms with Crippen molar-refractivity contribution in [1.29, 1.82) is 0 Å². The van der Waals surface area contributed by atoms with Crippen LogP contribution in [0.4, 0.5) is 13.2 Å². The monoisotopic (exact) mass is 251 g/mol. The van der Waals surface area contributed by atoms with Crippen molar-refractivity contribution in [2.45, 2.75) is 52.6 Å². The van der Waals surface area contributed by atoms with E-state index in [2.05, 4.69) is 11.8 Å². The SMILES string of the molecule is CCN(CCC(C)C(F)(F)F)CC1(CC)CC1. The van der Waals surface area contributed by atoms with Crippen LogP contribution in [0.3, 0.4) is 0 Å². The second kappa shape index (κ2) is 5.59. The number of nitrogens with zero attached hydrogens (tertiary/aromatic N) is 1. The molecule has 1 saturated carbocycles. The predicted molar refractivity (Wildman–Crippen MR) is 63.9 cm³/mol. The third-order valence-corrected chi connectivity index (χ3v) is 4.15. The maximum atomic E-state index is 12.4. The van der Waals surface area contributed by atoms with Crippen LogP contribution in [0.1, 0.15) is 46.5 Å². The quantitative estimate of drug-likeness (QED) is 0.659. The summed E-state index contributed by atoms with van der Waals surface area (Å²) < 4.78 is 37.2. The summed E-state index contributed by atoms with van der Waals surface area (Å²) in [5.74, 6) is -1.19. The van der Waals surface area contributed by atoms with E-state index in [9.17, 15) is 13.2 Å². The molecule has 1 unspecified atom stereocenters. The smallest absolute Gasteiger partial charge is 0.303 e. The zero-order valence-corrected chi connectivity index (χ0v) is 11.1. The van der Waals surface area contributed by atoms with Gasteiger partial charge in [-0.2, -0.15) is 13.2 Å². The summed E-state index contributed by atoms with van der Waals surface area (Å²) in [6, 6.07) is 0. The number of hydrogen-bond donors (Lipinski definition) is 0. The largest absolute Gasteiger partial charge is 0.391 e. The van der Waals surface area contributed by atoms with E-state index < -0.39 is 12.1 Å². The van der Waals surface area contributed by atoms with Crippen LogP contribution in [0.15, 0.2) is 0 Å². The molecule has 0 radical (unpaired) electrons. The third kappa shape index (κ3) is 4.49. The van der Waals surface area contributed by atoms with E-state index in [0.29, 0.717) is 12.0 Å². The van der Waals surface area contributed by atoms with E-state index in [1.54, 1.807) is 0 Å². The number of alkyl halides is 3. The molecule has 1 fully saturated rings. The van der Waals surface area contributed by atoms with Gasteiger partial charge < -0.3 is 4.90 Å². The highest BCUT2D eigenvalue weighted by molar-refractivity contribution is 4.94. The lowest BCUT2D eigenvalue weighted by Gasteiger charge is -2.27. The lowest BCUT2D eigenvalue weighted by Crippen LogP contribution is -2.33. The normalized spacial score (nSPS) is 20.6. The van der Waals surface area contributed by atoms with E-state index in [1.165, 1.54) is 19.8 Å². The van der Waals surface area contributed by atoms with Gasteiger partial charge in [0.15, 0.2) is 0 Å². The fourth-order valence-corrected chi connectivity index (χ4v) is 2.16. The van der Waals surface area contributed by atoms with Crippen molar-refractivity contribution in [2.24, 2.45) is 11.3 Å². The molecule has 0 aromatic rings. The first-order valence-corrected chi connectivity index (χ1v) is 6.62. The van der Waals surface area contributed by atoms with Crippen LogP contribution in [-0.4, -0.2) is 30.7 Å². The average Bonchev–Trinajstić information content (AvgIpc) is 3.03. The summed E-state index contributed by atoms with van der Waals surface area (Å²) in [7, 11) is 0. The fourth-order valence-electron chi connectivity index (χ4n) is 2.16. The van der Waals surface area contributed by atoms with Gasteiger partial charge in [0.25, 0.3) is 0 Å². The Labute approximate surface area is 102 Å². The lowest BCUT2D eigenvalue weighted by atomic mass is 10.0. The molecule has 0 heterocycles. The molecular weight excluding hydrogens is 227 g/mol. The molecule has 1 nitrogen and oxygen atoms in total. The molecule has 0 aromatic carbocycles. The lowest BCUT2D eigenvalue weighted by molar-refractivity contribution is -0.172. The van der Waals surface area contributed by atoms with Gasteiger partial charge in [0.05, 0.1) is 5.92 Å². The van der Waals surface area contributed by atoms with Crippen molar-refractivity contribution in [1.82, 2.24) is 4.90 Å². The van der Waals surface area contributed by atoms with E-state index in [0.717, 1.165) is 19.5 Å². The third-order valence-electron chi connectivity index (χ3n) is 4.15. The Hall–Kier alpha value is -0.250. The van der Waals surface area contributed by atoms with Gasteiger partial charge in [-0.1, -0.05) is 20.8 Å². The van der Waals surface area contributed by atoms with Crippen molar-refractivity contribution >= 4 is 0 Å². The van der Waals surface area contributed by atoms with Gasteiger partial charge in [0.1, 0.15) is 0 Å². The van der Waals surface area contributed by atoms with E-state index >= 15 is 0 Å². The van der Waals surface area contributed by atoms with E-state index in [-0.39, 0.29) is 6.42 Å². The fraction of sp³-hybridized carbons (Fsp3) is 1.00. The first-order chi connectivity index (χ1) is 7.83. The Balaban J connectivity index is 2.33. The Bertz CT molecular complexity index is 233. The van der Waals surface area contributed by atoms with Crippen molar-refractivity contribution in [3.05, 3.63) is 0 Å². The van der Waals surface area contributed by atoms with Crippen LogP contribution in [0.5, 0.6) is 0 Å². The van der Waals surface area contributed by atoms with Gasteiger partial charge >= 0.3 is 6.18 Å².